The molecule has 2 bridgehead atoms. The molecule has 6 heteroatoms. The van der Waals surface area contributed by atoms with Gasteiger partial charge in [-0.15, -0.1) is 24.2 Å². The molecule has 2 aliphatic heterocycles. The third-order valence-corrected chi connectivity index (χ3v) is 6.57. The monoisotopic (exact) mass is 422 g/mol. The fourth-order valence-electron chi connectivity index (χ4n) is 3.75. The van der Waals surface area contributed by atoms with Crippen LogP contribution in [0.4, 0.5) is 0 Å². The molecule has 2 saturated heterocycles. The van der Waals surface area contributed by atoms with Crippen molar-refractivity contribution in [3.8, 4) is 0 Å². The van der Waals surface area contributed by atoms with Crippen LogP contribution in [0.2, 0.25) is 5.02 Å². The van der Waals surface area contributed by atoms with Crippen molar-refractivity contribution < 1.29 is 4.79 Å². The number of rotatable bonds is 4. The normalized spacial score (nSPS) is 21.4. The smallest absolute Gasteiger partial charge is 0.253 e. The zero-order valence-corrected chi connectivity index (χ0v) is 17.5. The molecule has 144 valence electrons. The molecule has 0 saturated carbocycles. The Kier molecular flexibility index (Phi) is 7.10. The van der Waals surface area contributed by atoms with Gasteiger partial charge in [-0.05, 0) is 61.2 Å². The summed E-state index contributed by atoms with van der Waals surface area (Å²) < 4.78 is 0. The number of fused-ring (bicyclic) bond motifs is 2. The SMILES string of the molecule is Cl.O=C(c1ccc(CSc2ccc(Cl)cc2)cc1)N1CCC2CCC(C1)N2. The largest absolute Gasteiger partial charge is 0.337 e. The molecular formula is C21H24Cl2N2OS. The minimum Gasteiger partial charge on any atom is -0.337 e. The van der Waals surface area contributed by atoms with Crippen molar-refractivity contribution in [2.24, 2.45) is 0 Å². The van der Waals surface area contributed by atoms with Crippen LogP contribution >= 0.6 is 35.8 Å². The summed E-state index contributed by atoms with van der Waals surface area (Å²) in [6.45, 7) is 1.70. The third-order valence-electron chi connectivity index (χ3n) is 5.23. The highest BCUT2D eigenvalue weighted by Gasteiger charge is 2.31. The van der Waals surface area contributed by atoms with E-state index in [2.05, 4.69) is 17.4 Å². The number of thioether (sulfide) groups is 1. The molecule has 4 rings (SSSR count). The Hall–Kier alpha value is -1.20. The predicted molar refractivity (Wildman–Crippen MR) is 115 cm³/mol. The van der Waals surface area contributed by atoms with Crippen LogP contribution in [-0.2, 0) is 5.75 Å². The summed E-state index contributed by atoms with van der Waals surface area (Å²) in [5, 5.41) is 4.39. The molecule has 2 fully saturated rings. The second-order valence-corrected chi connectivity index (χ2v) is 8.60. The highest BCUT2D eigenvalue weighted by atomic mass is 35.5. The number of carbonyl (C=O) groups is 1. The van der Waals surface area contributed by atoms with Crippen LogP contribution in [0.5, 0.6) is 0 Å². The Labute approximate surface area is 176 Å². The Morgan fingerprint density at radius 3 is 2.48 bits per heavy atom. The lowest BCUT2D eigenvalue weighted by Crippen LogP contribution is -2.39. The highest BCUT2D eigenvalue weighted by molar-refractivity contribution is 7.98. The second-order valence-electron chi connectivity index (χ2n) is 7.12. The van der Waals surface area contributed by atoms with Gasteiger partial charge in [0.05, 0.1) is 0 Å². The van der Waals surface area contributed by atoms with Gasteiger partial charge in [0, 0.05) is 46.4 Å². The van der Waals surface area contributed by atoms with Gasteiger partial charge >= 0.3 is 0 Å². The average molecular weight is 423 g/mol. The van der Waals surface area contributed by atoms with Crippen LogP contribution < -0.4 is 5.32 Å². The van der Waals surface area contributed by atoms with E-state index < -0.39 is 0 Å². The van der Waals surface area contributed by atoms with Crippen LogP contribution in [0, 0.1) is 0 Å². The first kappa shape index (κ1) is 20.5. The molecule has 3 nitrogen and oxygen atoms in total. The first-order chi connectivity index (χ1) is 12.7. The van der Waals surface area contributed by atoms with Gasteiger partial charge in [0.25, 0.3) is 5.91 Å². The molecular weight excluding hydrogens is 399 g/mol. The Bertz CT molecular complexity index is 767. The average Bonchev–Trinajstić information content (AvgIpc) is 3.00. The van der Waals surface area contributed by atoms with Gasteiger partial charge in [-0.1, -0.05) is 23.7 Å². The number of hydrogen-bond donors (Lipinski definition) is 1. The van der Waals surface area contributed by atoms with Crippen LogP contribution in [0.3, 0.4) is 0 Å². The van der Waals surface area contributed by atoms with Crippen molar-refractivity contribution in [1.29, 1.82) is 0 Å². The minimum atomic E-state index is 0. The van der Waals surface area contributed by atoms with E-state index >= 15 is 0 Å². The molecule has 2 unspecified atom stereocenters. The van der Waals surface area contributed by atoms with Gasteiger partial charge in [-0.3, -0.25) is 4.79 Å². The third kappa shape index (κ3) is 5.20. The molecule has 0 radical (unpaired) electrons. The number of nitrogens with one attached hydrogen (secondary N) is 1. The fraction of sp³-hybridized carbons (Fsp3) is 0.381. The fourth-order valence-corrected chi connectivity index (χ4v) is 4.73. The van der Waals surface area contributed by atoms with Gasteiger partial charge in [0.2, 0.25) is 0 Å². The van der Waals surface area contributed by atoms with Crippen molar-refractivity contribution in [2.75, 3.05) is 13.1 Å². The standard InChI is InChI=1S/C21H23ClN2OS.ClH/c22-17-5-9-20(10-6-17)26-14-15-1-3-16(4-2-15)21(25)24-12-11-18-7-8-19(13-24)23-18;/h1-6,9-10,18-19,23H,7-8,11-14H2;1H. The lowest BCUT2D eigenvalue weighted by molar-refractivity contribution is 0.0748. The molecule has 0 aliphatic carbocycles. The summed E-state index contributed by atoms with van der Waals surface area (Å²) in [6, 6.07) is 17.0. The second kappa shape index (κ2) is 9.33. The van der Waals surface area contributed by atoms with E-state index in [0.717, 1.165) is 35.8 Å². The molecule has 2 atom stereocenters. The summed E-state index contributed by atoms with van der Waals surface area (Å²) in [5.74, 6) is 1.05. The van der Waals surface area contributed by atoms with E-state index in [1.165, 1.54) is 23.3 Å². The molecule has 2 aliphatic rings. The molecule has 2 aromatic carbocycles. The van der Waals surface area contributed by atoms with Gasteiger partial charge in [-0.2, -0.15) is 0 Å². The number of nitrogens with zero attached hydrogens (tertiary/aromatic N) is 1. The summed E-state index contributed by atoms with van der Waals surface area (Å²) in [4.78, 5) is 16.0. The van der Waals surface area contributed by atoms with E-state index in [0.29, 0.717) is 12.1 Å². The molecule has 2 heterocycles. The van der Waals surface area contributed by atoms with Crippen molar-refractivity contribution >= 4 is 41.7 Å². The highest BCUT2D eigenvalue weighted by Crippen LogP contribution is 2.25. The Morgan fingerprint density at radius 2 is 1.74 bits per heavy atom. The van der Waals surface area contributed by atoms with E-state index in [9.17, 15) is 4.79 Å². The quantitative estimate of drug-likeness (QED) is 0.701. The van der Waals surface area contributed by atoms with Crippen molar-refractivity contribution in [1.82, 2.24) is 10.2 Å². The summed E-state index contributed by atoms with van der Waals surface area (Å²) in [5.41, 5.74) is 2.01. The first-order valence-corrected chi connectivity index (χ1v) is 10.6. The predicted octanol–water partition coefficient (Wildman–Crippen LogP) is 5.02. The maximum absolute atomic E-state index is 12.8. The molecule has 0 aromatic heterocycles. The number of benzene rings is 2. The van der Waals surface area contributed by atoms with Gasteiger partial charge < -0.3 is 10.2 Å². The molecule has 0 spiro atoms. The van der Waals surface area contributed by atoms with E-state index in [1.807, 2.05) is 41.3 Å². The lowest BCUT2D eigenvalue weighted by atomic mass is 10.1. The minimum absolute atomic E-state index is 0. The number of halogens is 2. The van der Waals surface area contributed by atoms with E-state index in [4.69, 9.17) is 11.6 Å². The number of carbonyl (C=O) groups excluding carboxylic acids is 1. The van der Waals surface area contributed by atoms with Crippen LogP contribution in [0.25, 0.3) is 0 Å². The van der Waals surface area contributed by atoms with Crippen molar-refractivity contribution in [3.05, 3.63) is 64.7 Å². The molecule has 2 aromatic rings. The zero-order valence-electron chi connectivity index (χ0n) is 15.1. The van der Waals surface area contributed by atoms with E-state index in [1.54, 1.807) is 11.8 Å². The number of amides is 1. The zero-order chi connectivity index (χ0) is 17.9. The summed E-state index contributed by atoms with van der Waals surface area (Å²) in [6.07, 6.45) is 3.51. The Morgan fingerprint density at radius 1 is 1.04 bits per heavy atom. The van der Waals surface area contributed by atoms with Gasteiger partial charge in [-0.25, -0.2) is 0 Å². The topological polar surface area (TPSA) is 32.3 Å². The van der Waals surface area contributed by atoms with Crippen LogP contribution in [-0.4, -0.2) is 36.0 Å². The first-order valence-electron chi connectivity index (χ1n) is 9.20. The Balaban J connectivity index is 0.00000210. The number of likely N-dealkylation sites (tertiary alicyclic amines) is 1. The lowest BCUT2D eigenvalue weighted by Gasteiger charge is -2.24. The summed E-state index contributed by atoms with van der Waals surface area (Å²) >= 11 is 7.69. The summed E-state index contributed by atoms with van der Waals surface area (Å²) in [7, 11) is 0. The maximum Gasteiger partial charge on any atom is 0.253 e. The van der Waals surface area contributed by atoms with Gasteiger partial charge in [0.15, 0.2) is 0 Å². The van der Waals surface area contributed by atoms with Crippen molar-refractivity contribution in [3.63, 3.8) is 0 Å². The van der Waals surface area contributed by atoms with Crippen molar-refractivity contribution in [2.45, 2.75) is 42.0 Å². The van der Waals surface area contributed by atoms with E-state index in [-0.39, 0.29) is 18.3 Å². The van der Waals surface area contributed by atoms with Crippen LogP contribution in [0.15, 0.2) is 53.4 Å². The molecule has 1 amide bonds. The maximum atomic E-state index is 12.8. The van der Waals surface area contributed by atoms with Crippen LogP contribution in [0.1, 0.15) is 35.2 Å². The van der Waals surface area contributed by atoms with Gasteiger partial charge in [0.1, 0.15) is 0 Å². The molecule has 1 N–H and O–H groups in total. The molecule has 27 heavy (non-hydrogen) atoms. The number of hydrogen-bond acceptors (Lipinski definition) is 3.